The second-order valence-corrected chi connectivity index (χ2v) is 9.77. The van der Waals surface area contributed by atoms with Gasteiger partial charge in [-0.25, -0.2) is 15.3 Å². The third kappa shape index (κ3) is 8.48. The smallest absolute Gasteiger partial charge is 0.240 e. The fourth-order valence-electron chi connectivity index (χ4n) is 4.86. The normalized spacial score (nSPS) is 16.0. The summed E-state index contributed by atoms with van der Waals surface area (Å²) in [7, 11) is 3.73. The van der Waals surface area contributed by atoms with Gasteiger partial charge in [0.1, 0.15) is 11.5 Å². The molecule has 42 heavy (non-hydrogen) atoms. The van der Waals surface area contributed by atoms with E-state index in [1.165, 1.54) is 31.2 Å². The predicted molar refractivity (Wildman–Crippen MR) is 166 cm³/mol. The second kappa shape index (κ2) is 16.4. The molecular formula is C33H42N6O3. The van der Waals surface area contributed by atoms with Crippen LogP contribution in [-0.2, 0) is 11.4 Å². The zero-order valence-electron chi connectivity index (χ0n) is 25.0. The molecule has 2 aliphatic rings. The minimum absolute atomic E-state index is 0.227. The summed E-state index contributed by atoms with van der Waals surface area (Å²) in [5.74, 6) is 4.24. The van der Waals surface area contributed by atoms with Gasteiger partial charge in [-0.05, 0) is 68.8 Å². The molecule has 1 aliphatic heterocycles. The van der Waals surface area contributed by atoms with Crippen molar-refractivity contribution in [2.45, 2.75) is 58.2 Å². The molecule has 0 saturated heterocycles. The molecule has 4 aromatic rings. The Morgan fingerprint density at radius 2 is 1.67 bits per heavy atom. The summed E-state index contributed by atoms with van der Waals surface area (Å²) in [6.07, 6.45) is 5.09. The van der Waals surface area contributed by atoms with E-state index in [0.29, 0.717) is 36.6 Å². The van der Waals surface area contributed by atoms with Gasteiger partial charge in [0.05, 0.1) is 12.1 Å². The van der Waals surface area contributed by atoms with Gasteiger partial charge < -0.3 is 19.9 Å². The Morgan fingerprint density at radius 3 is 2.43 bits per heavy atom. The fraction of sp³-hybridized carbons (Fsp3) is 0.364. The molecule has 1 unspecified atom stereocenters. The molecule has 1 aromatic heterocycles. The third-order valence-electron chi connectivity index (χ3n) is 6.82. The van der Waals surface area contributed by atoms with E-state index in [2.05, 4.69) is 49.4 Å². The third-order valence-corrected chi connectivity index (χ3v) is 6.82. The maximum atomic E-state index is 5.93. The lowest BCUT2D eigenvalue weighted by Crippen LogP contribution is -2.25. The molecule has 0 bridgehead atoms. The van der Waals surface area contributed by atoms with Crippen molar-refractivity contribution in [3.8, 4) is 22.9 Å². The largest absolute Gasteiger partial charge is 0.457 e. The average Bonchev–Trinajstić information content (AvgIpc) is 3.83. The molecule has 3 N–H and O–H groups in total. The number of nitrogens with zero attached hydrogens (tertiary/aromatic N) is 3. The Labute approximate surface area is 248 Å². The van der Waals surface area contributed by atoms with Crippen molar-refractivity contribution in [2.75, 3.05) is 20.6 Å². The van der Waals surface area contributed by atoms with Gasteiger partial charge >= 0.3 is 0 Å². The van der Waals surface area contributed by atoms with Crippen LogP contribution in [0.5, 0.6) is 11.5 Å². The first-order chi connectivity index (χ1) is 20.7. The molecule has 1 fully saturated rings. The predicted octanol–water partition coefficient (Wildman–Crippen LogP) is 6.45. The van der Waals surface area contributed by atoms with Gasteiger partial charge in [-0.1, -0.05) is 80.4 Å². The number of aromatic nitrogens is 2. The zero-order chi connectivity index (χ0) is 29.6. The van der Waals surface area contributed by atoms with Gasteiger partial charge in [0.15, 0.2) is 12.1 Å². The molecule has 9 nitrogen and oxygen atoms in total. The molecule has 1 aliphatic carbocycles. The molecule has 3 aromatic carbocycles. The zero-order valence-corrected chi connectivity index (χ0v) is 25.0. The molecule has 0 spiro atoms. The van der Waals surface area contributed by atoms with E-state index in [0.717, 1.165) is 22.6 Å². The number of benzene rings is 3. The van der Waals surface area contributed by atoms with Crippen molar-refractivity contribution in [2.24, 2.45) is 4.99 Å². The van der Waals surface area contributed by atoms with Crippen LogP contribution in [-0.4, -0.2) is 42.8 Å². The number of ether oxygens (including phenoxy) is 1. The second-order valence-electron chi connectivity index (χ2n) is 9.77. The van der Waals surface area contributed by atoms with E-state index in [1.807, 2.05) is 88.6 Å². The number of para-hydroxylation sites is 2. The maximum absolute atomic E-state index is 5.93. The first kappa shape index (κ1) is 30.9. The van der Waals surface area contributed by atoms with Crippen LogP contribution in [0.15, 0.2) is 88.4 Å². The van der Waals surface area contributed by atoms with E-state index in [-0.39, 0.29) is 6.23 Å². The highest BCUT2D eigenvalue weighted by Gasteiger charge is 2.21. The Morgan fingerprint density at radius 1 is 0.905 bits per heavy atom. The molecule has 0 radical (unpaired) electrons. The number of rotatable bonds is 9. The first-order valence-corrected chi connectivity index (χ1v) is 14.8. The van der Waals surface area contributed by atoms with Crippen LogP contribution in [0.3, 0.4) is 0 Å². The number of hydrogen-bond donors (Lipinski definition) is 3. The van der Waals surface area contributed by atoms with Crippen molar-refractivity contribution in [3.63, 3.8) is 0 Å². The van der Waals surface area contributed by atoms with E-state index in [1.54, 1.807) is 0 Å². The van der Waals surface area contributed by atoms with Crippen LogP contribution in [0.2, 0.25) is 0 Å². The summed E-state index contributed by atoms with van der Waals surface area (Å²) in [5, 5.41) is 10.1. The van der Waals surface area contributed by atoms with Gasteiger partial charge in [-0.15, -0.1) is 0 Å². The van der Waals surface area contributed by atoms with E-state index < -0.39 is 0 Å². The van der Waals surface area contributed by atoms with Crippen molar-refractivity contribution in [1.29, 1.82) is 0 Å². The van der Waals surface area contributed by atoms with Gasteiger partial charge in [-0.2, -0.15) is 4.98 Å². The van der Waals surface area contributed by atoms with E-state index in [9.17, 15) is 0 Å². The first-order valence-electron chi connectivity index (χ1n) is 14.8. The molecular weight excluding hydrogens is 528 g/mol. The maximum Gasteiger partial charge on any atom is 0.240 e. The topological polar surface area (TPSA) is 106 Å². The number of nitrogens with one attached hydrogen (secondary N) is 3. The summed E-state index contributed by atoms with van der Waals surface area (Å²) >= 11 is 0. The fourth-order valence-corrected chi connectivity index (χ4v) is 4.86. The van der Waals surface area contributed by atoms with Gasteiger partial charge in [-0.3, -0.25) is 0 Å². The molecule has 1 saturated carbocycles. The van der Waals surface area contributed by atoms with Crippen molar-refractivity contribution >= 4 is 5.84 Å². The van der Waals surface area contributed by atoms with Crippen LogP contribution in [0.1, 0.15) is 62.5 Å². The highest BCUT2D eigenvalue weighted by molar-refractivity contribution is 6.01. The van der Waals surface area contributed by atoms with Crippen LogP contribution in [0.4, 0.5) is 0 Å². The minimum Gasteiger partial charge on any atom is -0.457 e. The van der Waals surface area contributed by atoms with E-state index >= 15 is 0 Å². The summed E-state index contributed by atoms with van der Waals surface area (Å²) in [6, 6.07) is 26.0. The van der Waals surface area contributed by atoms with Crippen molar-refractivity contribution < 1.29 is 14.1 Å². The highest BCUT2D eigenvalue weighted by Crippen LogP contribution is 2.35. The Bertz CT molecular complexity index is 1390. The quantitative estimate of drug-likeness (QED) is 0.211. The Hall–Kier alpha value is -4.05. The molecule has 6 rings (SSSR count). The molecule has 9 heteroatoms. The summed E-state index contributed by atoms with van der Waals surface area (Å²) < 4.78 is 11.1. The SMILES string of the molecule is CC.CNCC1N=C(c2ccccc2Oc2ccccc2)NO1.CNCc1nc(-c2cccc(C3CCCC3)c2)no1. The van der Waals surface area contributed by atoms with Crippen LogP contribution in [0, 0.1) is 0 Å². The monoisotopic (exact) mass is 570 g/mol. The summed E-state index contributed by atoms with van der Waals surface area (Å²) in [5.41, 5.74) is 6.20. The summed E-state index contributed by atoms with van der Waals surface area (Å²) in [4.78, 5) is 14.3. The molecule has 1 atom stereocenters. The number of aliphatic imine (C=N–C) groups is 1. The number of hydrogen-bond acceptors (Lipinski definition) is 9. The number of likely N-dealkylation sites (N-methyl/N-ethyl adjacent to an activating group) is 1. The molecule has 2 heterocycles. The lowest BCUT2D eigenvalue weighted by atomic mass is 9.96. The highest BCUT2D eigenvalue weighted by atomic mass is 16.7. The lowest BCUT2D eigenvalue weighted by molar-refractivity contribution is 0.0400. The van der Waals surface area contributed by atoms with Gasteiger partial charge in [0.25, 0.3) is 0 Å². The number of amidine groups is 1. The minimum atomic E-state index is -0.227. The molecule has 222 valence electrons. The average molecular weight is 571 g/mol. The van der Waals surface area contributed by atoms with Crippen molar-refractivity contribution in [3.05, 3.63) is 95.9 Å². The Kier molecular flexibility index (Phi) is 12.1. The van der Waals surface area contributed by atoms with Crippen molar-refractivity contribution in [1.82, 2.24) is 26.3 Å². The van der Waals surface area contributed by atoms with Crippen LogP contribution in [0.25, 0.3) is 11.4 Å². The van der Waals surface area contributed by atoms with Crippen LogP contribution < -0.4 is 20.9 Å². The standard InChI is InChI=1S/C16H17N3O2.C15H19N3O.C2H6/c1-17-11-15-18-16(19-21-15)13-9-5-6-10-14(13)20-12-7-3-2-4-8-12;1-16-10-14-17-15(18-19-14)13-8-4-7-12(9-13)11-5-2-3-6-11;1-2/h2-10,15,17H,11H2,1H3,(H,18,19);4,7-9,11,16H,2-3,5-6,10H2,1H3;1-2H3. The molecule has 0 amide bonds. The lowest BCUT2D eigenvalue weighted by Gasteiger charge is -2.10. The Balaban J connectivity index is 0.000000183. The summed E-state index contributed by atoms with van der Waals surface area (Å²) in [6.45, 7) is 5.26. The van der Waals surface area contributed by atoms with E-state index in [4.69, 9.17) is 14.1 Å². The van der Waals surface area contributed by atoms with Gasteiger partial charge in [0.2, 0.25) is 11.7 Å². The number of hydroxylamine groups is 1. The van der Waals surface area contributed by atoms with Crippen LogP contribution >= 0.6 is 0 Å². The van der Waals surface area contributed by atoms with Gasteiger partial charge in [0, 0.05) is 12.1 Å².